The summed E-state index contributed by atoms with van der Waals surface area (Å²) in [5.74, 6) is 0.0544. The van der Waals surface area contributed by atoms with Crippen LogP contribution in [-0.4, -0.2) is 36.1 Å². The summed E-state index contributed by atoms with van der Waals surface area (Å²) in [6.07, 6.45) is 1.52. The largest absolute Gasteiger partial charge is 0.493 e. The van der Waals surface area contributed by atoms with Crippen molar-refractivity contribution < 1.29 is 24.2 Å². The van der Waals surface area contributed by atoms with Crippen LogP contribution in [0.3, 0.4) is 0 Å². The maximum atomic E-state index is 12.0. The number of amides is 1. The van der Waals surface area contributed by atoms with Gasteiger partial charge in [-0.3, -0.25) is 4.79 Å². The molecule has 0 heterocycles. The highest BCUT2D eigenvalue weighted by molar-refractivity contribution is 8.00. The lowest BCUT2D eigenvalue weighted by Gasteiger charge is -2.11. The predicted octanol–water partition coefficient (Wildman–Crippen LogP) is 4.87. The Morgan fingerprint density at radius 3 is 2.45 bits per heavy atom. The lowest BCUT2D eigenvalue weighted by atomic mass is 10.1. The topological polar surface area (TPSA) is 97.2 Å². The van der Waals surface area contributed by atoms with Crippen LogP contribution in [-0.2, 0) is 11.4 Å². The van der Waals surface area contributed by atoms with E-state index in [0.717, 1.165) is 16.0 Å². The molecule has 0 spiro atoms. The van der Waals surface area contributed by atoms with Gasteiger partial charge in [-0.25, -0.2) is 10.2 Å². The standard InChI is InChI=1S/C24H21ClN2O5S/c1-31-22-12-17(13-26-27-23(28)15-33-20-9-7-19(25)8-10-20)4-11-21(22)32-14-16-2-5-18(6-3-16)24(29)30/h2-13H,14-15H2,1H3,(H,27,28)(H,29,30)/b26-13-. The molecule has 0 radical (unpaired) electrons. The van der Waals surface area contributed by atoms with Crippen molar-refractivity contribution in [2.75, 3.05) is 12.9 Å². The molecule has 9 heteroatoms. The number of methoxy groups -OCH3 is 1. The van der Waals surface area contributed by atoms with Crippen LogP contribution in [0, 0.1) is 0 Å². The minimum atomic E-state index is -0.974. The maximum absolute atomic E-state index is 12.0. The number of aromatic carboxylic acids is 1. The molecule has 3 aromatic rings. The summed E-state index contributed by atoms with van der Waals surface area (Å²) in [4.78, 5) is 23.9. The van der Waals surface area contributed by atoms with E-state index in [2.05, 4.69) is 10.5 Å². The first-order valence-electron chi connectivity index (χ1n) is 9.78. The molecule has 0 saturated heterocycles. The van der Waals surface area contributed by atoms with E-state index in [1.165, 1.54) is 37.2 Å². The summed E-state index contributed by atoms with van der Waals surface area (Å²) >= 11 is 7.24. The zero-order chi connectivity index (χ0) is 23.6. The van der Waals surface area contributed by atoms with Gasteiger partial charge in [0.1, 0.15) is 6.61 Å². The third kappa shape index (κ3) is 7.55. The van der Waals surface area contributed by atoms with Crippen molar-refractivity contribution in [2.45, 2.75) is 11.5 Å². The van der Waals surface area contributed by atoms with E-state index >= 15 is 0 Å². The lowest BCUT2D eigenvalue weighted by Crippen LogP contribution is -2.19. The average Bonchev–Trinajstić information content (AvgIpc) is 2.83. The van der Waals surface area contributed by atoms with Crippen molar-refractivity contribution in [3.63, 3.8) is 0 Å². The molecule has 0 fully saturated rings. The molecule has 3 aromatic carbocycles. The number of carboxylic acid groups (broad SMARTS) is 1. The maximum Gasteiger partial charge on any atom is 0.335 e. The summed E-state index contributed by atoms with van der Waals surface area (Å²) < 4.78 is 11.2. The van der Waals surface area contributed by atoms with E-state index in [1.54, 1.807) is 42.5 Å². The summed E-state index contributed by atoms with van der Waals surface area (Å²) in [6, 6.07) is 19.0. The fourth-order valence-corrected chi connectivity index (χ4v) is 3.50. The van der Waals surface area contributed by atoms with Crippen LogP contribution in [0.25, 0.3) is 0 Å². The average molecular weight is 485 g/mol. The van der Waals surface area contributed by atoms with Crippen LogP contribution < -0.4 is 14.9 Å². The lowest BCUT2D eigenvalue weighted by molar-refractivity contribution is -0.118. The SMILES string of the molecule is COc1cc(/C=N\NC(=O)CSc2ccc(Cl)cc2)ccc1OCc1ccc(C(=O)O)cc1. The Labute approximate surface area is 200 Å². The Bertz CT molecular complexity index is 1130. The number of nitrogens with one attached hydrogen (secondary N) is 1. The predicted molar refractivity (Wildman–Crippen MR) is 129 cm³/mol. The second-order valence-electron chi connectivity index (χ2n) is 6.74. The number of halogens is 1. The Kier molecular flexibility index (Phi) is 8.74. The van der Waals surface area contributed by atoms with Gasteiger partial charge in [-0.1, -0.05) is 23.7 Å². The molecule has 0 aliphatic rings. The Morgan fingerprint density at radius 2 is 1.79 bits per heavy atom. The molecule has 0 aliphatic heterocycles. The number of rotatable bonds is 10. The Hall–Kier alpha value is -3.49. The molecule has 0 aromatic heterocycles. The molecule has 0 saturated carbocycles. The van der Waals surface area contributed by atoms with Crippen LogP contribution in [0.1, 0.15) is 21.5 Å². The second kappa shape index (κ2) is 11.9. The molecule has 33 heavy (non-hydrogen) atoms. The van der Waals surface area contributed by atoms with Crippen LogP contribution in [0.2, 0.25) is 5.02 Å². The second-order valence-corrected chi connectivity index (χ2v) is 8.22. The van der Waals surface area contributed by atoms with Crippen LogP contribution in [0.4, 0.5) is 0 Å². The number of ether oxygens (including phenoxy) is 2. The van der Waals surface area contributed by atoms with Crippen LogP contribution in [0.15, 0.2) is 76.7 Å². The first-order chi connectivity index (χ1) is 15.9. The number of benzene rings is 3. The normalized spacial score (nSPS) is 10.7. The van der Waals surface area contributed by atoms with E-state index in [4.69, 9.17) is 26.2 Å². The minimum absolute atomic E-state index is 0.218. The van der Waals surface area contributed by atoms with E-state index in [1.807, 2.05) is 12.1 Å². The van der Waals surface area contributed by atoms with E-state index < -0.39 is 5.97 Å². The van der Waals surface area contributed by atoms with Crippen LogP contribution in [0.5, 0.6) is 11.5 Å². The molecule has 0 unspecified atom stereocenters. The van der Waals surface area contributed by atoms with Gasteiger partial charge in [0.2, 0.25) is 5.91 Å². The van der Waals surface area contributed by atoms with Gasteiger partial charge in [-0.05, 0) is 65.7 Å². The highest BCUT2D eigenvalue weighted by Crippen LogP contribution is 2.28. The quantitative estimate of drug-likeness (QED) is 0.242. The van der Waals surface area contributed by atoms with Crippen molar-refractivity contribution >= 4 is 41.5 Å². The number of carboxylic acids is 1. The third-order valence-corrected chi connectivity index (χ3v) is 5.63. The highest BCUT2D eigenvalue weighted by Gasteiger charge is 2.07. The molecule has 1 amide bonds. The van der Waals surface area contributed by atoms with E-state index in [-0.39, 0.29) is 23.8 Å². The summed E-state index contributed by atoms with van der Waals surface area (Å²) in [5, 5.41) is 13.6. The van der Waals surface area contributed by atoms with Crippen molar-refractivity contribution in [2.24, 2.45) is 5.10 Å². The Morgan fingerprint density at radius 1 is 1.06 bits per heavy atom. The number of carbonyl (C=O) groups is 2. The number of hydrazone groups is 1. The highest BCUT2D eigenvalue weighted by atomic mass is 35.5. The molecular formula is C24H21ClN2O5S. The number of hydrogen-bond donors (Lipinski definition) is 2. The summed E-state index contributed by atoms with van der Waals surface area (Å²) in [7, 11) is 1.53. The van der Waals surface area contributed by atoms with Gasteiger partial charge in [0, 0.05) is 9.92 Å². The third-order valence-electron chi connectivity index (χ3n) is 4.37. The molecule has 0 aliphatic carbocycles. The van der Waals surface area contributed by atoms with Gasteiger partial charge < -0.3 is 14.6 Å². The minimum Gasteiger partial charge on any atom is -0.493 e. The molecule has 3 rings (SSSR count). The molecule has 2 N–H and O–H groups in total. The smallest absolute Gasteiger partial charge is 0.335 e. The van der Waals surface area contributed by atoms with Gasteiger partial charge in [0.05, 0.1) is 24.6 Å². The van der Waals surface area contributed by atoms with Gasteiger partial charge in [-0.15, -0.1) is 11.8 Å². The number of hydrogen-bond acceptors (Lipinski definition) is 6. The van der Waals surface area contributed by atoms with Crippen molar-refractivity contribution in [3.8, 4) is 11.5 Å². The van der Waals surface area contributed by atoms with Crippen molar-refractivity contribution in [3.05, 3.63) is 88.4 Å². The monoisotopic (exact) mass is 484 g/mol. The molecular weight excluding hydrogens is 464 g/mol. The van der Waals surface area contributed by atoms with Crippen molar-refractivity contribution in [1.82, 2.24) is 5.43 Å². The van der Waals surface area contributed by atoms with E-state index in [9.17, 15) is 9.59 Å². The zero-order valence-electron chi connectivity index (χ0n) is 17.7. The molecule has 0 bridgehead atoms. The first kappa shape index (κ1) is 24.2. The van der Waals surface area contributed by atoms with Gasteiger partial charge in [-0.2, -0.15) is 5.10 Å². The number of nitrogens with zero attached hydrogens (tertiary/aromatic N) is 1. The van der Waals surface area contributed by atoms with Gasteiger partial charge in [0.25, 0.3) is 0 Å². The van der Waals surface area contributed by atoms with Gasteiger partial charge in [0.15, 0.2) is 11.5 Å². The Balaban J connectivity index is 1.51. The van der Waals surface area contributed by atoms with Crippen molar-refractivity contribution in [1.29, 1.82) is 0 Å². The number of thioether (sulfide) groups is 1. The van der Waals surface area contributed by atoms with Crippen LogP contribution >= 0.6 is 23.4 Å². The molecule has 7 nitrogen and oxygen atoms in total. The fourth-order valence-electron chi connectivity index (χ4n) is 2.68. The first-order valence-corrected chi connectivity index (χ1v) is 11.1. The van der Waals surface area contributed by atoms with E-state index in [0.29, 0.717) is 16.5 Å². The zero-order valence-corrected chi connectivity index (χ0v) is 19.2. The molecule has 0 atom stereocenters. The summed E-state index contributed by atoms with van der Waals surface area (Å²) in [5.41, 5.74) is 4.26. The fraction of sp³-hybridized carbons (Fsp3) is 0.125. The summed E-state index contributed by atoms with van der Waals surface area (Å²) in [6.45, 7) is 0.255. The molecule has 170 valence electrons. The number of carbonyl (C=O) groups excluding carboxylic acids is 1. The van der Waals surface area contributed by atoms with Gasteiger partial charge >= 0.3 is 5.97 Å².